The average molecular weight is 168 g/mol. The van der Waals surface area contributed by atoms with Crippen LogP contribution in [0.2, 0.25) is 0 Å². The zero-order valence-corrected chi connectivity index (χ0v) is 7.79. The fourth-order valence-electron chi connectivity index (χ4n) is 1.21. The van der Waals surface area contributed by atoms with E-state index in [1.165, 1.54) is 12.8 Å². The summed E-state index contributed by atoms with van der Waals surface area (Å²) < 4.78 is 3.36. The molecule has 0 aliphatic carbocycles. The van der Waals surface area contributed by atoms with Gasteiger partial charge in [0, 0.05) is 26.0 Å². The van der Waals surface area contributed by atoms with E-state index < -0.39 is 0 Å². The molecule has 0 aromatic carbocycles. The van der Waals surface area contributed by atoms with E-state index in [2.05, 4.69) is 6.92 Å². The second-order valence-corrected chi connectivity index (χ2v) is 3.09. The Morgan fingerprint density at radius 2 is 2.08 bits per heavy atom. The molecule has 0 saturated heterocycles. The number of rotatable bonds is 4. The van der Waals surface area contributed by atoms with Crippen LogP contribution in [0.1, 0.15) is 26.2 Å². The first-order chi connectivity index (χ1) is 5.75. The summed E-state index contributed by atoms with van der Waals surface area (Å²) in [5.74, 6) is 0. The predicted molar refractivity (Wildman–Crippen MR) is 49.2 cm³/mol. The second-order valence-electron chi connectivity index (χ2n) is 3.09. The van der Waals surface area contributed by atoms with Crippen LogP contribution in [0.15, 0.2) is 17.2 Å². The highest BCUT2D eigenvalue weighted by atomic mass is 16.1. The number of aromatic nitrogens is 2. The molecule has 0 spiro atoms. The minimum absolute atomic E-state index is 0.0890. The number of nitrogens with zero attached hydrogens (tertiary/aromatic N) is 2. The highest BCUT2D eigenvalue weighted by molar-refractivity contribution is 4.79. The molecule has 3 nitrogen and oxygen atoms in total. The van der Waals surface area contributed by atoms with Gasteiger partial charge in [0.2, 0.25) is 0 Å². The van der Waals surface area contributed by atoms with E-state index in [1.807, 2.05) is 6.20 Å². The lowest BCUT2D eigenvalue weighted by molar-refractivity contribution is 0.579. The summed E-state index contributed by atoms with van der Waals surface area (Å²) in [6.07, 6.45) is 7.13. The molecule has 0 saturated carbocycles. The zero-order chi connectivity index (χ0) is 8.97. The van der Waals surface area contributed by atoms with Crippen LogP contribution in [-0.2, 0) is 13.6 Å². The molecule has 0 unspecified atom stereocenters. The van der Waals surface area contributed by atoms with Crippen LogP contribution >= 0.6 is 0 Å². The Balaban J connectivity index is 2.52. The Morgan fingerprint density at radius 3 is 2.58 bits per heavy atom. The molecule has 3 heteroatoms. The van der Waals surface area contributed by atoms with Gasteiger partial charge in [0.15, 0.2) is 0 Å². The summed E-state index contributed by atoms with van der Waals surface area (Å²) in [4.78, 5) is 11.3. The van der Waals surface area contributed by atoms with Crippen molar-refractivity contribution in [1.29, 1.82) is 0 Å². The van der Waals surface area contributed by atoms with E-state index in [4.69, 9.17) is 0 Å². The maximum Gasteiger partial charge on any atom is 0.327 e. The van der Waals surface area contributed by atoms with E-state index >= 15 is 0 Å². The molecule has 1 aromatic heterocycles. The molecule has 68 valence electrons. The Labute approximate surface area is 72.6 Å². The fraction of sp³-hybridized carbons (Fsp3) is 0.667. The quantitative estimate of drug-likeness (QED) is 0.624. The maximum absolute atomic E-state index is 11.3. The summed E-state index contributed by atoms with van der Waals surface area (Å²) in [6.45, 7) is 3.02. The highest BCUT2D eigenvalue weighted by Gasteiger charge is 1.97. The van der Waals surface area contributed by atoms with Gasteiger partial charge >= 0.3 is 5.69 Å². The number of hydrogen-bond acceptors (Lipinski definition) is 1. The number of aryl methyl sites for hydroxylation is 2. The first-order valence-corrected chi connectivity index (χ1v) is 4.47. The van der Waals surface area contributed by atoms with Gasteiger partial charge in [-0.05, 0) is 6.42 Å². The van der Waals surface area contributed by atoms with Crippen LogP contribution in [0.4, 0.5) is 0 Å². The fourth-order valence-corrected chi connectivity index (χ4v) is 1.21. The molecule has 0 radical (unpaired) electrons. The molecule has 0 amide bonds. The van der Waals surface area contributed by atoms with Crippen molar-refractivity contribution in [3.05, 3.63) is 22.9 Å². The third-order valence-electron chi connectivity index (χ3n) is 2.02. The lowest BCUT2D eigenvalue weighted by Crippen LogP contribution is -2.21. The Kier molecular flexibility index (Phi) is 3.14. The van der Waals surface area contributed by atoms with Gasteiger partial charge in [-0.15, -0.1) is 0 Å². The van der Waals surface area contributed by atoms with Gasteiger partial charge in [-0.25, -0.2) is 4.79 Å². The van der Waals surface area contributed by atoms with Crippen LogP contribution in [0.25, 0.3) is 0 Å². The van der Waals surface area contributed by atoms with E-state index in [0.717, 1.165) is 13.0 Å². The van der Waals surface area contributed by atoms with E-state index in [0.29, 0.717) is 0 Å². The molecule has 0 bridgehead atoms. The van der Waals surface area contributed by atoms with Crippen molar-refractivity contribution in [2.45, 2.75) is 32.7 Å². The van der Waals surface area contributed by atoms with Gasteiger partial charge in [0.1, 0.15) is 0 Å². The van der Waals surface area contributed by atoms with Crippen LogP contribution in [-0.4, -0.2) is 9.13 Å². The third kappa shape index (κ3) is 2.00. The van der Waals surface area contributed by atoms with Crippen molar-refractivity contribution in [3.63, 3.8) is 0 Å². The van der Waals surface area contributed by atoms with E-state index in [1.54, 1.807) is 22.4 Å². The van der Waals surface area contributed by atoms with Gasteiger partial charge in [-0.1, -0.05) is 19.8 Å². The zero-order valence-electron chi connectivity index (χ0n) is 7.79. The first kappa shape index (κ1) is 9.10. The first-order valence-electron chi connectivity index (χ1n) is 4.47. The summed E-state index contributed by atoms with van der Waals surface area (Å²) in [5, 5.41) is 0. The number of unbranched alkanes of at least 4 members (excludes halogenated alkanes) is 2. The maximum atomic E-state index is 11.3. The smallest absolute Gasteiger partial charge is 0.302 e. The standard InChI is InChI=1S/C9H16N2O/c1-3-4-5-6-11-8-7-10(2)9(11)12/h7-8H,3-6H2,1-2H3. The summed E-state index contributed by atoms with van der Waals surface area (Å²) in [5.41, 5.74) is 0.0890. The molecule has 0 aliphatic rings. The minimum atomic E-state index is 0.0890. The van der Waals surface area contributed by atoms with E-state index in [-0.39, 0.29) is 5.69 Å². The molecule has 1 rings (SSSR count). The summed E-state index contributed by atoms with van der Waals surface area (Å²) >= 11 is 0. The molecule has 1 aromatic rings. The Morgan fingerprint density at radius 1 is 1.33 bits per heavy atom. The second kappa shape index (κ2) is 4.14. The monoisotopic (exact) mass is 168 g/mol. The van der Waals surface area contributed by atoms with Crippen molar-refractivity contribution in [2.75, 3.05) is 0 Å². The van der Waals surface area contributed by atoms with Crippen molar-refractivity contribution in [1.82, 2.24) is 9.13 Å². The lowest BCUT2D eigenvalue weighted by Gasteiger charge is -1.98. The number of imidazole rings is 1. The molecule has 0 aliphatic heterocycles. The van der Waals surface area contributed by atoms with Crippen LogP contribution in [0, 0.1) is 0 Å². The SMILES string of the molecule is CCCCCn1ccn(C)c1=O. The van der Waals surface area contributed by atoms with Gasteiger partial charge in [-0.2, -0.15) is 0 Å². The molecule has 0 fully saturated rings. The highest BCUT2D eigenvalue weighted by Crippen LogP contribution is 1.95. The van der Waals surface area contributed by atoms with Crippen molar-refractivity contribution >= 4 is 0 Å². The molecular formula is C9H16N2O. The molecule has 12 heavy (non-hydrogen) atoms. The van der Waals surface area contributed by atoms with Gasteiger partial charge in [0.25, 0.3) is 0 Å². The topological polar surface area (TPSA) is 26.9 Å². The van der Waals surface area contributed by atoms with Crippen LogP contribution in [0.5, 0.6) is 0 Å². The summed E-state index contributed by atoms with van der Waals surface area (Å²) in [7, 11) is 1.78. The molecule has 0 N–H and O–H groups in total. The van der Waals surface area contributed by atoms with Gasteiger partial charge in [0.05, 0.1) is 0 Å². The molecule has 0 atom stereocenters. The van der Waals surface area contributed by atoms with E-state index in [9.17, 15) is 4.79 Å². The van der Waals surface area contributed by atoms with Crippen LogP contribution < -0.4 is 5.69 Å². The normalized spacial score (nSPS) is 10.5. The number of hydrogen-bond donors (Lipinski definition) is 0. The third-order valence-corrected chi connectivity index (χ3v) is 2.02. The van der Waals surface area contributed by atoms with Crippen molar-refractivity contribution in [2.24, 2.45) is 7.05 Å². The Bertz CT molecular complexity index is 285. The average Bonchev–Trinajstić information content (AvgIpc) is 2.36. The van der Waals surface area contributed by atoms with Gasteiger partial charge < -0.3 is 4.57 Å². The van der Waals surface area contributed by atoms with Crippen molar-refractivity contribution in [3.8, 4) is 0 Å². The predicted octanol–water partition coefficient (Wildman–Crippen LogP) is 1.38. The minimum Gasteiger partial charge on any atom is -0.302 e. The van der Waals surface area contributed by atoms with Gasteiger partial charge in [-0.3, -0.25) is 4.57 Å². The lowest BCUT2D eigenvalue weighted by atomic mass is 10.2. The largest absolute Gasteiger partial charge is 0.327 e. The van der Waals surface area contributed by atoms with Crippen LogP contribution in [0.3, 0.4) is 0 Å². The molecule has 1 heterocycles. The summed E-state index contributed by atoms with van der Waals surface area (Å²) in [6, 6.07) is 0. The molecular weight excluding hydrogens is 152 g/mol. The van der Waals surface area contributed by atoms with Crippen molar-refractivity contribution < 1.29 is 0 Å². The Hall–Kier alpha value is -0.990.